The van der Waals surface area contributed by atoms with Crippen molar-refractivity contribution in [3.05, 3.63) is 30.1 Å². The van der Waals surface area contributed by atoms with Crippen LogP contribution in [0, 0.1) is 5.41 Å². The van der Waals surface area contributed by atoms with Crippen LogP contribution in [0.2, 0.25) is 0 Å². The number of aryl methyl sites for hydroxylation is 1. The Kier molecular flexibility index (Phi) is 5.37. The maximum absolute atomic E-state index is 9.28. The third kappa shape index (κ3) is 3.44. The SMILES string of the molecule is CCC(CC)(CCO)CNCc1nc2ccccc2n1C. The fraction of sp³-hybridized carbons (Fsp3) is 0.588. The van der Waals surface area contributed by atoms with Crippen LogP contribution in [0.4, 0.5) is 0 Å². The molecular weight excluding hydrogens is 262 g/mol. The lowest BCUT2D eigenvalue weighted by Gasteiger charge is -2.31. The maximum atomic E-state index is 9.28. The number of aliphatic hydroxyl groups excluding tert-OH is 1. The molecule has 2 aromatic rings. The van der Waals surface area contributed by atoms with Crippen LogP contribution in [0.5, 0.6) is 0 Å². The molecule has 0 aliphatic heterocycles. The molecule has 1 heterocycles. The zero-order valence-electron chi connectivity index (χ0n) is 13.4. The predicted octanol–water partition coefficient (Wildman–Crippen LogP) is 2.85. The average molecular weight is 289 g/mol. The van der Waals surface area contributed by atoms with Crippen LogP contribution >= 0.6 is 0 Å². The number of fused-ring (bicyclic) bond motifs is 1. The van der Waals surface area contributed by atoms with Gasteiger partial charge in [-0.1, -0.05) is 26.0 Å². The normalized spacial score (nSPS) is 12.2. The molecule has 2 rings (SSSR count). The van der Waals surface area contributed by atoms with Crippen LogP contribution in [0.15, 0.2) is 24.3 Å². The van der Waals surface area contributed by atoms with E-state index in [1.165, 1.54) is 5.52 Å². The summed E-state index contributed by atoms with van der Waals surface area (Å²) in [5.41, 5.74) is 2.41. The van der Waals surface area contributed by atoms with Crippen LogP contribution in [0.3, 0.4) is 0 Å². The molecule has 4 nitrogen and oxygen atoms in total. The second kappa shape index (κ2) is 7.05. The van der Waals surface area contributed by atoms with Gasteiger partial charge in [-0.15, -0.1) is 0 Å². The van der Waals surface area contributed by atoms with E-state index < -0.39 is 0 Å². The Morgan fingerprint density at radius 3 is 2.57 bits per heavy atom. The Morgan fingerprint density at radius 1 is 1.24 bits per heavy atom. The van der Waals surface area contributed by atoms with Crippen LogP contribution in [-0.2, 0) is 13.6 Å². The highest BCUT2D eigenvalue weighted by molar-refractivity contribution is 5.75. The summed E-state index contributed by atoms with van der Waals surface area (Å²) in [7, 11) is 2.06. The summed E-state index contributed by atoms with van der Waals surface area (Å²) in [4.78, 5) is 4.68. The Hall–Kier alpha value is -1.39. The number of imidazole rings is 1. The molecule has 0 atom stereocenters. The minimum absolute atomic E-state index is 0.194. The van der Waals surface area contributed by atoms with Gasteiger partial charge in [0, 0.05) is 20.2 Å². The first-order chi connectivity index (χ1) is 10.2. The van der Waals surface area contributed by atoms with E-state index in [1.807, 2.05) is 18.2 Å². The number of rotatable bonds is 8. The highest BCUT2D eigenvalue weighted by Crippen LogP contribution is 2.29. The summed E-state index contributed by atoms with van der Waals surface area (Å²) in [6.45, 7) is 6.35. The summed E-state index contributed by atoms with van der Waals surface area (Å²) in [6, 6.07) is 8.21. The fourth-order valence-electron chi connectivity index (χ4n) is 2.97. The van der Waals surface area contributed by atoms with E-state index in [-0.39, 0.29) is 12.0 Å². The maximum Gasteiger partial charge on any atom is 0.123 e. The number of benzene rings is 1. The molecule has 0 amide bonds. The van der Waals surface area contributed by atoms with E-state index in [9.17, 15) is 5.11 Å². The standard InChI is InChI=1S/C17H27N3O/c1-4-17(5-2,10-11-21)13-18-12-16-19-14-8-6-7-9-15(14)20(16)3/h6-9,18,21H,4-5,10-13H2,1-3H3. The van der Waals surface area contributed by atoms with Gasteiger partial charge >= 0.3 is 0 Å². The molecule has 0 radical (unpaired) electrons. The second-order valence-corrected chi connectivity index (χ2v) is 5.86. The highest BCUT2D eigenvalue weighted by Gasteiger charge is 2.25. The third-order valence-electron chi connectivity index (χ3n) is 4.81. The zero-order valence-corrected chi connectivity index (χ0v) is 13.4. The molecule has 2 N–H and O–H groups in total. The molecular formula is C17H27N3O. The van der Waals surface area contributed by atoms with Crippen molar-refractivity contribution in [1.29, 1.82) is 0 Å². The van der Waals surface area contributed by atoms with Crippen molar-refractivity contribution < 1.29 is 5.11 Å². The first-order valence-electron chi connectivity index (χ1n) is 7.87. The topological polar surface area (TPSA) is 50.1 Å². The molecule has 1 aromatic carbocycles. The van der Waals surface area contributed by atoms with Crippen LogP contribution in [0.25, 0.3) is 11.0 Å². The first kappa shape index (κ1) is 16.0. The molecule has 0 saturated heterocycles. The number of aromatic nitrogens is 2. The molecule has 0 aliphatic rings. The van der Waals surface area contributed by atoms with Crippen molar-refractivity contribution in [3.8, 4) is 0 Å². The lowest BCUT2D eigenvalue weighted by Crippen LogP contribution is -2.34. The van der Waals surface area contributed by atoms with Gasteiger partial charge in [-0.3, -0.25) is 0 Å². The molecule has 4 heteroatoms. The Bertz CT molecular complexity index is 572. The summed E-state index contributed by atoms with van der Waals surface area (Å²) in [5, 5.41) is 12.8. The lowest BCUT2D eigenvalue weighted by atomic mass is 9.79. The summed E-state index contributed by atoms with van der Waals surface area (Å²) >= 11 is 0. The average Bonchev–Trinajstić information content (AvgIpc) is 2.83. The number of para-hydroxylation sites is 2. The van der Waals surface area contributed by atoms with Crippen LogP contribution < -0.4 is 5.32 Å². The monoisotopic (exact) mass is 289 g/mol. The van der Waals surface area contributed by atoms with Crippen LogP contribution in [-0.4, -0.2) is 27.8 Å². The lowest BCUT2D eigenvalue weighted by molar-refractivity contribution is 0.163. The van der Waals surface area contributed by atoms with Gasteiger partial charge < -0.3 is 15.0 Å². The van der Waals surface area contributed by atoms with Crippen LogP contribution in [0.1, 0.15) is 38.9 Å². The van der Waals surface area contributed by atoms with Crippen molar-refractivity contribution >= 4 is 11.0 Å². The smallest absolute Gasteiger partial charge is 0.123 e. The van der Waals surface area contributed by atoms with E-state index in [4.69, 9.17) is 0 Å². The molecule has 0 unspecified atom stereocenters. The molecule has 0 bridgehead atoms. The van der Waals surface area contributed by atoms with Gasteiger partial charge in [0.2, 0.25) is 0 Å². The molecule has 21 heavy (non-hydrogen) atoms. The third-order valence-corrected chi connectivity index (χ3v) is 4.81. The van der Waals surface area contributed by atoms with E-state index in [0.29, 0.717) is 0 Å². The van der Waals surface area contributed by atoms with E-state index >= 15 is 0 Å². The predicted molar refractivity (Wildman–Crippen MR) is 87.1 cm³/mol. The van der Waals surface area contributed by atoms with Gasteiger partial charge in [0.25, 0.3) is 0 Å². The molecule has 0 aliphatic carbocycles. The summed E-state index contributed by atoms with van der Waals surface area (Å²) in [5.74, 6) is 1.06. The molecule has 1 aromatic heterocycles. The van der Waals surface area contributed by atoms with E-state index in [0.717, 1.165) is 43.7 Å². The zero-order chi connectivity index (χ0) is 15.3. The first-order valence-corrected chi connectivity index (χ1v) is 7.87. The van der Waals surface area contributed by atoms with Crippen molar-refractivity contribution in [2.45, 2.75) is 39.7 Å². The van der Waals surface area contributed by atoms with Crippen molar-refractivity contribution in [3.63, 3.8) is 0 Å². The largest absolute Gasteiger partial charge is 0.396 e. The number of nitrogens with one attached hydrogen (secondary N) is 1. The van der Waals surface area contributed by atoms with Gasteiger partial charge in [-0.25, -0.2) is 4.98 Å². The highest BCUT2D eigenvalue weighted by atomic mass is 16.3. The van der Waals surface area contributed by atoms with Gasteiger partial charge in [0.05, 0.1) is 17.6 Å². The second-order valence-electron chi connectivity index (χ2n) is 5.86. The van der Waals surface area contributed by atoms with Crippen molar-refractivity contribution in [2.75, 3.05) is 13.2 Å². The molecule has 0 fully saturated rings. The molecule has 0 spiro atoms. The van der Waals surface area contributed by atoms with Gasteiger partial charge in [0.15, 0.2) is 0 Å². The van der Waals surface area contributed by atoms with Gasteiger partial charge in [-0.2, -0.15) is 0 Å². The molecule has 0 saturated carbocycles. The Morgan fingerprint density at radius 2 is 1.95 bits per heavy atom. The Labute approximate surface area is 127 Å². The van der Waals surface area contributed by atoms with E-state index in [1.54, 1.807) is 0 Å². The number of nitrogens with zero attached hydrogens (tertiary/aromatic N) is 2. The molecule has 116 valence electrons. The summed E-state index contributed by atoms with van der Waals surface area (Å²) < 4.78 is 2.15. The Balaban J connectivity index is 2.03. The number of aliphatic hydroxyl groups is 1. The van der Waals surface area contributed by atoms with Crippen molar-refractivity contribution in [1.82, 2.24) is 14.9 Å². The van der Waals surface area contributed by atoms with E-state index in [2.05, 4.69) is 41.8 Å². The fourth-order valence-corrected chi connectivity index (χ4v) is 2.97. The van der Waals surface area contributed by atoms with Gasteiger partial charge in [0.1, 0.15) is 5.82 Å². The van der Waals surface area contributed by atoms with Gasteiger partial charge in [-0.05, 0) is 36.8 Å². The summed E-state index contributed by atoms with van der Waals surface area (Å²) in [6.07, 6.45) is 3.02. The number of hydrogen-bond donors (Lipinski definition) is 2. The van der Waals surface area contributed by atoms with Crippen molar-refractivity contribution in [2.24, 2.45) is 12.5 Å². The number of hydrogen-bond acceptors (Lipinski definition) is 3. The quantitative estimate of drug-likeness (QED) is 0.785. The minimum atomic E-state index is 0.194. The minimum Gasteiger partial charge on any atom is -0.396 e.